The number of rotatable bonds is 11. The monoisotopic (exact) mass is 482 g/mol. The molecular formula is C27H42N6O2. The number of fused-ring (bicyclic) bond motifs is 1. The first-order valence-electron chi connectivity index (χ1n) is 13.2. The molecule has 0 atom stereocenters. The van der Waals surface area contributed by atoms with Crippen molar-refractivity contribution in [3.05, 3.63) is 41.5 Å². The van der Waals surface area contributed by atoms with Gasteiger partial charge in [0.05, 0.1) is 13.2 Å². The van der Waals surface area contributed by atoms with E-state index in [-0.39, 0.29) is 0 Å². The van der Waals surface area contributed by atoms with Crippen LogP contribution in [0.4, 0.5) is 11.6 Å². The normalized spacial score (nSPS) is 15.1. The minimum atomic E-state index is 0.398. The number of morpholine rings is 1. The van der Waals surface area contributed by atoms with Crippen LogP contribution < -0.4 is 15.1 Å². The maximum absolute atomic E-state index is 6.00. The van der Waals surface area contributed by atoms with E-state index < -0.39 is 0 Å². The highest BCUT2D eigenvalue weighted by Gasteiger charge is 2.17. The van der Waals surface area contributed by atoms with E-state index in [9.17, 15) is 0 Å². The Balaban J connectivity index is 0.00000167. The van der Waals surface area contributed by atoms with E-state index in [0.29, 0.717) is 18.4 Å². The molecule has 35 heavy (non-hydrogen) atoms. The molecule has 1 saturated heterocycles. The van der Waals surface area contributed by atoms with Crippen molar-refractivity contribution in [1.29, 1.82) is 0 Å². The lowest BCUT2D eigenvalue weighted by molar-refractivity contribution is 0.0317. The quantitative estimate of drug-likeness (QED) is 0.476. The molecule has 1 N–H and O–H groups in total. The maximum atomic E-state index is 6.00. The Morgan fingerprint density at radius 2 is 1.69 bits per heavy atom. The van der Waals surface area contributed by atoms with Gasteiger partial charge in [-0.2, -0.15) is 15.1 Å². The number of benzene rings is 1. The highest BCUT2D eigenvalue weighted by Crippen LogP contribution is 2.22. The topological polar surface area (TPSA) is 75.1 Å². The second-order valence-electron chi connectivity index (χ2n) is 8.60. The number of anilines is 2. The van der Waals surface area contributed by atoms with Crippen molar-refractivity contribution in [2.75, 3.05) is 62.9 Å². The van der Waals surface area contributed by atoms with Crippen molar-refractivity contribution in [3.8, 4) is 6.01 Å². The van der Waals surface area contributed by atoms with Crippen LogP contribution in [0.25, 0.3) is 0 Å². The van der Waals surface area contributed by atoms with Gasteiger partial charge in [-0.1, -0.05) is 52.0 Å². The molecule has 0 unspecified atom stereocenters. The van der Waals surface area contributed by atoms with Crippen LogP contribution in [-0.2, 0) is 17.6 Å². The van der Waals surface area contributed by atoms with Crippen LogP contribution in [-0.4, -0.2) is 73.1 Å². The molecule has 1 aromatic carbocycles. The summed E-state index contributed by atoms with van der Waals surface area (Å²) < 4.78 is 11.4. The number of nitrogens with zero attached hydrogens (tertiary/aromatic N) is 5. The third-order valence-corrected chi connectivity index (χ3v) is 5.98. The van der Waals surface area contributed by atoms with Gasteiger partial charge in [-0.05, 0) is 24.0 Å². The molecule has 192 valence electrons. The number of ether oxygens (including phenoxy) is 2. The highest BCUT2D eigenvalue weighted by atomic mass is 16.5. The molecule has 0 bridgehead atoms. The van der Waals surface area contributed by atoms with Crippen LogP contribution in [0.3, 0.4) is 0 Å². The SMILES string of the molecule is CC.CCCN(CCC)c1cc(NN=C2Cc3ccccc3C2)nc(OCCN2CCOCC2)n1. The molecule has 1 aliphatic carbocycles. The lowest BCUT2D eigenvalue weighted by atomic mass is 10.1. The van der Waals surface area contributed by atoms with Gasteiger partial charge in [0, 0.05) is 57.3 Å². The van der Waals surface area contributed by atoms with Crippen LogP contribution in [0, 0.1) is 0 Å². The van der Waals surface area contributed by atoms with E-state index in [1.54, 1.807) is 0 Å². The summed E-state index contributed by atoms with van der Waals surface area (Å²) in [5, 5.41) is 4.68. The van der Waals surface area contributed by atoms with Gasteiger partial charge in [0.2, 0.25) is 0 Å². The summed E-state index contributed by atoms with van der Waals surface area (Å²) in [6, 6.07) is 10.9. The fourth-order valence-electron chi connectivity index (χ4n) is 4.29. The molecule has 0 amide bonds. The standard InChI is InChI=1S/C25H36N6O2.C2H6/c1-3-9-31(10-4-2)24-19-23(29-28-22-17-20-7-5-6-8-21(20)18-22)26-25(27-24)33-16-13-30-11-14-32-15-12-30;1-2/h5-8,19H,3-4,9-18H2,1-2H3,(H,26,27,29);1-2H3. The Morgan fingerprint density at radius 3 is 2.31 bits per heavy atom. The van der Waals surface area contributed by atoms with Gasteiger partial charge in [0.15, 0.2) is 5.82 Å². The summed E-state index contributed by atoms with van der Waals surface area (Å²) in [5.41, 5.74) is 7.01. The van der Waals surface area contributed by atoms with Crippen LogP contribution in [0.15, 0.2) is 35.4 Å². The van der Waals surface area contributed by atoms with Crippen molar-refractivity contribution in [2.45, 2.75) is 53.4 Å². The molecule has 1 aromatic heterocycles. The minimum absolute atomic E-state index is 0.398. The van der Waals surface area contributed by atoms with E-state index in [0.717, 1.165) is 83.2 Å². The van der Waals surface area contributed by atoms with Crippen LogP contribution >= 0.6 is 0 Å². The maximum Gasteiger partial charge on any atom is 0.320 e. The van der Waals surface area contributed by atoms with E-state index in [1.165, 1.54) is 11.1 Å². The highest BCUT2D eigenvalue weighted by molar-refractivity contribution is 5.93. The molecule has 8 nitrogen and oxygen atoms in total. The summed E-state index contributed by atoms with van der Waals surface area (Å²) in [4.78, 5) is 14.0. The molecule has 2 aromatic rings. The molecule has 1 aliphatic heterocycles. The Labute approximate surface area is 210 Å². The molecule has 2 heterocycles. The van der Waals surface area contributed by atoms with Crippen molar-refractivity contribution < 1.29 is 9.47 Å². The third kappa shape index (κ3) is 8.18. The second-order valence-corrected chi connectivity index (χ2v) is 8.60. The summed E-state index contributed by atoms with van der Waals surface area (Å²) in [6.07, 6.45) is 3.87. The van der Waals surface area contributed by atoms with E-state index in [2.05, 4.69) is 63.4 Å². The van der Waals surface area contributed by atoms with Gasteiger partial charge >= 0.3 is 6.01 Å². The van der Waals surface area contributed by atoms with Crippen molar-refractivity contribution in [2.24, 2.45) is 5.10 Å². The Hall–Kier alpha value is -2.71. The molecule has 0 saturated carbocycles. The third-order valence-electron chi connectivity index (χ3n) is 5.98. The van der Waals surface area contributed by atoms with Gasteiger partial charge < -0.3 is 14.4 Å². The average molecular weight is 483 g/mol. The Kier molecular flexibility index (Phi) is 11.2. The van der Waals surface area contributed by atoms with Crippen molar-refractivity contribution in [3.63, 3.8) is 0 Å². The van der Waals surface area contributed by atoms with Gasteiger partial charge in [0.1, 0.15) is 12.4 Å². The summed E-state index contributed by atoms with van der Waals surface area (Å²) in [6.45, 7) is 15.1. The zero-order valence-electron chi connectivity index (χ0n) is 21.9. The molecule has 1 fully saturated rings. The number of hydrogen-bond acceptors (Lipinski definition) is 8. The molecular weight excluding hydrogens is 440 g/mol. The van der Waals surface area contributed by atoms with Gasteiger partial charge in [-0.15, -0.1) is 0 Å². The van der Waals surface area contributed by atoms with Crippen LogP contribution in [0.2, 0.25) is 0 Å². The Bertz CT molecular complexity index is 897. The minimum Gasteiger partial charge on any atom is -0.462 e. The fourth-order valence-corrected chi connectivity index (χ4v) is 4.29. The molecule has 8 heteroatoms. The number of nitrogens with one attached hydrogen (secondary N) is 1. The van der Waals surface area contributed by atoms with E-state index in [4.69, 9.17) is 14.5 Å². The predicted octanol–water partition coefficient (Wildman–Crippen LogP) is 4.41. The van der Waals surface area contributed by atoms with Crippen molar-refractivity contribution in [1.82, 2.24) is 14.9 Å². The van der Waals surface area contributed by atoms with E-state index >= 15 is 0 Å². The molecule has 0 spiro atoms. The predicted molar refractivity (Wildman–Crippen MR) is 144 cm³/mol. The van der Waals surface area contributed by atoms with Gasteiger partial charge in [-0.25, -0.2) is 0 Å². The lowest BCUT2D eigenvalue weighted by Crippen LogP contribution is -2.38. The van der Waals surface area contributed by atoms with Crippen LogP contribution in [0.1, 0.15) is 51.7 Å². The number of hydrogen-bond donors (Lipinski definition) is 1. The first kappa shape index (κ1) is 26.9. The average Bonchev–Trinajstić information content (AvgIpc) is 3.32. The summed E-state index contributed by atoms with van der Waals surface area (Å²) in [5.74, 6) is 1.55. The zero-order chi connectivity index (χ0) is 24.9. The second kappa shape index (κ2) is 14.6. The van der Waals surface area contributed by atoms with Crippen molar-refractivity contribution >= 4 is 17.3 Å². The molecule has 0 radical (unpaired) electrons. The summed E-state index contributed by atoms with van der Waals surface area (Å²) in [7, 11) is 0. The van der Waals surface area contributed by atoms with E-state index in [1.807, 2.05) is 19.9 Å². The fraction of sp³-hybridized carbons (Fsp3) is 0.593. The smallest absolute Gasteiger partial charge is 0.320 e. The largest absolute Gasteiger partial charge is 0.462 e. The molecule has 4 rings (SSSR count). The zero-order valence-corrected chi connectivity index (χ0v) is 21.9. The lowest BCUT2D eigenvalue weighted by Gasteiger charge is -2.26. The first-order chi connectivity index (χ1) is 17.2. The van der Waals surface area contributed by atoms with Gasteiger partial charge in [-0.3, -0.25) is 10.3 Å². The van der Waals surface area contributed by atoms with Crippen LogP contribution in [0.5, 0.6) is 6.01 Å². The molecule has 2 aliphatic rings. The number of aromatic nitrogens is 2. The number of hydrazone groups is 1. The summed E-state index contributed by atoms with van der Waals surface area (Å²) >= 11 is 0. The Morgan fingerprint density at radius 1 is 1.03 bits per heavy atom. The first-order valence-corrected chi connectivity index (χ1v) is 13.2. The van der Waals surface area contributed by atoms with Gasteiger partial charge in [0.25, 0.3) is 0 Å².